The molecule has 0 N–H and O–H groups in total. The molecule has 0 aliphatic heterocycles. The summed E-state index contributed by atoms with van der Waals surface area (Å²) in [6, 6.07) is 2.26. The van der Waals surface area contributed by atoms with Gasteiger partial charge in [0.25, 0.3) is 0 Å². The summed E-state index contributed by atoms with van der Waals surface area (Å²) in [6.07, 6.45) is 4.20. The van der Waals surface area contributed by atoms with Crippen LogP contribution in [0.2, 0.25) is 0 Å². The van der Waals surface area contributed by atoms with Crippen LogP contribution in [-0.4, -0.2) is 11.4 Å². The fraction of sp³-hybridized carbons (Fsp3) is 0.333. The summed E-state index contributed by atoms with van der Waals surface area (Å²) < 4.78 is 26.7. The van der Waals surface area contributed by atoms with Crippen LogP contribution in [-0.2, 0) is 0 Å². The minimum absolute atomic E-state index is 0.390. The summed E-state index contributed by atoms with van der Waals surface area (Å²) in [4.78, 5) is 8.79. The molecule has 0 aliphatic rings. The van der Waals surface area contributed by atoms with E-state index in [0.717, 1.165) is 29.1 Å². The van der Waals surface area contributed by atoms with Gasteiger partial charge >= 0.3 is 0 Å². The molecule has 0 saturated carbocycles. The first-order valence-electron chi connectivity index (χ1n) is 7.41. The fourth-order valence-corrected chi connectivity index (χ4v) is 2.23. The van der Waals surface area contributed by atoms with E-state index in [-0.39, 0.29) is 0 Å². The van der Waals surface area contributed by atoms with E-state index < -0.39 is 11.6 Å². The molecule has 1 aromatic carbocycles. The largest absolute Gasteiger partial charge is 0.252 e. The Hall–Kier alpha value is -1.81. The molecule has 5 heteroatoms. The zero-order valence-corrected chi connectivity index (χ0v) is 14.8. The monoisotopic (exact) mass is 338 g/mol. The average Bonchev–Trinajstić information content (AvgIpc) is 2.51. The first-order valence-corrected chi connectivity index (χ1v) is 7.79. The lowest BCUT2D eigenvalue weighted by Crippen LogP contribution is -2.10. The molecule has 0 heterocycles. The van der Waals surface area contributed by atoms with E-state index in [2.05, 4.69) is 9.98 Å². The molecule has 0 aromatic heterocycles. The number of aliphatic imine (C=N–C) groups is 2. The summed E-state index contributed by atoms with van der Waals surface area (Å²) in [7, 11) is 0. The maximum Gasteiger partial charge on any atom is 0.160 e. The number of aryl methyl sites for hydroxylation is 1. The van der Waals surface area contributed by atoms with Crippen LogP contribution in [0.1, 0.15) is 39.7 Å². The lowest BCUT2D eigenvalue weighted by molar-refractivity contribution is 0.508. The highest BCUT2D eigenvalue weighted by Gasteiger charge is 2.11. The van der Waals surface area contributed by atoms with Crippen LogP contribution in [0.3, 0.4) is 0 Å². The molecule has 0 spiro atoms. The van der Waals surface area contributed by atoms with Crippen LogP contribution in [0.15, 0.2) is 45.0 Å². The number of halogens is 3. The highest BCUT2D eigenvalue weighted by atomic mass is 35.5. The Bertz CT molecular complexity index is 701. The second-order valence-electron chi connectivity index (χ2n) is 4.98. The van der Waals surface area contributed by atoms with Gasteiger partial charge in [0.05, 0.1) is 5.69 Å². The van der Waals surface area contributed by atoms with Gasteiger partial charge in [-0.3, -0.25) is 4.99 Å². The Labute approximate surface area is 141 Å². The number of hydrogen-bond acceptors (Lipinski definition) is 2. The Morgan fingerprint density at radius 2 is 1.78 bits per heavy atom. The van der Waals surface area contributed by atoms with E-state index in [0.29, 0.717) is 22.8 Å². The number of rotatable bonds is 5. The summed E-state index contributed by atoms with van der Waals surface area (Å²) in [5.41, 5.74) is 3.27. The van der Waals surface area contributed by atoms with Crippen LogP contribution in [0, 0.1) is 18.6 Å². The predicted octanol–water partition coefficient (Wildman–Crippen LogP) is 6.26. The van der Waals surface area contributed by atoms with E-state index in [1.54, 1.807) is 19.9 Å². The third kappa shape index (κ3) is 5.10. The molecule has 0 aliphatic carbocycles. The lowest BCUT2D eigenvalue weighted by atomic mass is 10.0. The normalized spacial score (nSPS) is 14.4. The Kier molecular flexibility index (Phi) is 7.30. The zero-order valence-electron chi connectivity index (χ0n) is 14.0. The number of nitrogens with zero attached hydrogens (tertiary/aromatic N) is 2. The first kappa shape index (κ1) is 19.2. The molecule has 0 atom stereocenters. The number of allylic oxidation sites excluding steroid dienone is 3. The van der Waals surface area contributed by atoms with Gasteiger partial charge in [-0.1, -0.05) is 30.7 Å². The van der Waals surface area contributed by atoms with Crippen molar-refractivity contribution in [2.24, 2.45) is 9.98 Å². The van der Waals surface area contributed by atoms with Crippen LogP contribution in [0.5, 0.6) is 0 Å². The summed E-state index contributed by atoms with van der Waals surface area (Å²) in [6.45, 7) is 9.16. The van der Waals surface area contributed by atoms with Crippen molar-refractivity contribution in [3.8, 4) is 0 Å². The van der Waals surface area contributed by atoms with Crippen molar-refractivity contribution in [3.05, 3.63) is 52.2 Å². The lowest BCUT2D eigenvalue weighted by Gasteiger charge is -2.11. The van der Waals surface area contributed by atoms with Gasteiger partial charge in [0, 0.05) is 23.1 Å². The van der Waals surface area contributed by atoms with Gasteiger partial charge in [-0.15, -0.1) is 0 Å². The topological polar surface area (TPSA) is 24.7 Å². The Morgan fingerprint density at radius 1 is 1.17 bits per heavy atom. The molecule has 2 nitrogen and oxygen atoms in total. The fourth-order valence-electron chi connectivity index (χ4n) is 2.10. The molecule has 0 saturated heterocycles. The molecule has 1 aromatic rings. The van der Waals surface area contributed by atoms with E-state index in [4.69, 9.17) is 11.6 Å². The third-order valence-electron chi connectivity index (χ3n) is 3.33. The second kappa shape index (κ2) is 8.73. The predicted molar refractivity (Wildman–Crippen MR) is 95.0 cm³/mol. The van der Waals surface area contributed by atoms with Gasteiger partial charge in [-0.25, -0.2) is 13.8 Å². The van der Waals surface area contributed by atoms with Crippen molar-refractivity contribution in [2.75, 3.05) is 0 Å². The van der Waals surface area contributed by atoms with Crippen molar-refractivity contribution in [1.82, 2.24) is 0 Å². The van der Waals surface area contributed by atoms with Crippen molar-refractivity contribution >= 4 is 28.7 Å². The molecular formula is C18H21ClF2N2. The van der Waals surface area contributed by atoms with Gasteiger partial charge in [-0.05, 0) is 45.7 Å². The van der Waals surface area contributed by atoms with Crippen molar-refractivity contribution < 1.29 is 8.78 Å². The van der Waals surface area contributed by atoms with Gasteiger partial charge in [0.15, 0.2) is 11.6 Å². The Morgan fingerprint density at radius 3 is 2.30 bits per heavy atom. The van der Waals surface area contributed by atoms with Gasteiger partial charge in [0.2, 0.25) is 0 Å². The quantitative estimate of drug-likeness (QED) is 0.447. The zero-order chi connectivity index (χ0) is 17.6. The highest BCUT2D eigenvalue weighted by Crippen LogP contribution is 2.24. The minimum atomic E-state index is -0.908. The maximum absolute atomic E-state index is 13.5. The van der Waals surface area contributed by atoms with Gasteiger partial charge in [0.1, 0.15) is 5.16 Å². The minimum Gasteiger partial charge on any atom is -0.252 e. The highest BCUT2D eigenvalue weighted by molar-refractivity contribution is 6.31. The molecule has 0 amide bonds. The molecular weight excluding hydrogens is 318 g/mol. The molecule has 124 valence electrons. The summed E-state index contributed by atoms with van der Waals surface area (Å²) in [5, 5.41) is 0.390. The summed E-state index contributed by atoms with van der Waals surface area (Å²) >= 11 is 5.95. The van der Waals surface area contributed by atoms with Gasteiger partial charge < -0.3 is 0 Å². The van der Waals surface area contributed by atoms with Gasteiger partial charge in [-0.2, -0.15) is 0 Å². The van der Waals surface area contributed by atoms with E-state index >= 15 is 0 Å². The van der Waals surface area contributed by atoms with Crippen molar-refractivity contribution in [1.29, 1.82) is 0 Å². The SMILES string of the molecule is C\C=C(Cl)/N=C(C)\C(=C/C)C(CC)=Nc1cc(F)c(F)cc1C. The molecule has 1 rings (SSSR count). The van der Waals surface area contributed by atoms with E-state index in [1.807, 2.05) is 26.8 Å². The molecule has 0 fully saturated rings. The van der Waals surface area contributed by atoms with E-state index in [9.17, 15) is 8.78 Å². The van der Waals surface area contributed by atoms with Crippen LogP contribution >= 0.6 is 11.6 Å². The average molecular weight is 339 g/mol. The van der Waals surface area contributed by atoms with Crippen molar-refractivity contribution in [3.63, 3.8) is 0 Å². The first-order chi connectivity index (χ1) is 10.8. The van der Waals surface area contributed by atoms with Crippen LogP contribution in [0.25, 0.3) is 0 Å². The Balaban J connectivity index is 3.36. The molecule has 0 unspecified atom stereocenters. The second-order valence-corrected chi connectivity index (χ2v) is 5.36. The molecule has 0 bridgehead atoms. The smallest absolute Gasteiger partial charge is 0.160 e. The summed E-state index contributed by atoms with van der Waals surface area (Å²) in [5.74, 6) is -1.78. The third-order valence-corrected chi connectivity index (χ3v) is 3.63. The number of hydrogen-bond donors (Lipinski definition) is 0. The maximum atomic E-state index is 13.5. The molecule has 23 heavy (non-hydrogen) atoms. The van der Waals surface area contributed by atoms with E-state index in [1.165, 1.54) is 0 Å². The number of benzene rings is 1. The standard InChI is InChI=1S/C18H21ClF2N2/c1-6-13(12(5)22-18(19)8-3)16(7-2)23-17-10-15(21)14(20)9-11(17)4/h6,8-10H,7H2,1-5H3/b13-6+,18-8-,22-12-,23-16?. The van der Waals surface area contributed by atoms with Crippen LogP contribution in [0.4, 0.5) is 14.5 Å². The molecule has 0 radical (unpaired) electrons. The van der Waals surface area contributed by atoms with Crippen LogP contribution < -0.4 is 0 Å². The van der Waals surface area contributed by atoms with Crippen molar-refractivity contribution in [2.45, 2.75) is 41.0 Å².